The van der Waals surface area contributed by atoms with Crippen molar-refractivity contribution in [2.75, 3.05) is 26.2 Å². The smallest absolute Gasteiger partial charge is 0.350 e. The molecule has 0 spiro atoms. The SMILES string of the molecule is O=C(NCc1ccccc1)C(c1ccccc1)N1CCN(C(=O)c2ccncc2C(F)(F)F)CC1. The lowest BCUT2D eigenvalue weighted by Crippen LogP contribution is -2.52. The van der Waals surface area contributed by atoms with Gasteiger partial charge in [-0.05, 0) is 17.2 Å². The number of hydrogen-bond donors (Lipinski definition) is 1. The maximum Gasteiger partial charge on any atom is 0.418 e. The van der Waals surface area contributed by atoms with E-state index in [1.54, 1.807) is 0 Å². The fraction of sp³-hybridized carbons (Fsp3) is 0.269. The number of alkyl halides is 3. The predicted molar refractivity (Wildman–Crippen MR) is 124 cm³/mol. The third-order valence-corrected chi connectivity index (χ3v) is 6.00. The number of benzene rings is 2. The van der Waals surface area contributed by atoms with Crippen LogP contribution in [0.15, 0.2) is 79.1 Å². The Morgan fingerprint density at radius 2 is 1.54 bits per heavy atom. The Morgan fingerprint density at radius 1 is 0.914 bits per heavy atom. The molecule has 1 fully saturated rings. The van der Waals surface area contributed by atoms with Gasteiger partial charge in [-0.15, -0.1) is 0 Å². The quantitative estimate of drug-likeness (QED) is 0.579. The highest BCUT2D eigenvalue weighted by Crippen LogP contribution is 2.32. The molecule has 35 heavy (non-hydrogen) atoms. The fourth-order valence-electron chi connectivity index (χ4n) is 4.21. The van der Waals surface area contributed by atoms with Gasteiger partial charge in [0, 0.05) is 45.1 Å². The van der Waals surface area contributed by atoms with Gasteiger partial charge in [0.05, 0.1) is 11.1 Å². The van der Waals surface area contributed by atoms with E-state index in [-0.39, 0.29) is 19.0 Å². The van der Waals surface area contributed by atoms with Crippen LogP contribution in [0, 0.1) is 0 Å². The number of halogens is 3. The Bertz CT molecular complexity index is 1150. The second-order valence-electron chi connectivity index (χ2n) is 8.26. The predicted octanol–water partition coefficient (Wildman–Crippen LogP) is 3.92. The van der Waals surface area contributed by atoms with E-state index in [0.29, 0.717) is 25.8 Å². The summed E-state index contributed by atoms with van der Waals surface area (Å²) in [4.78, 5) is 33.0. The number of aromatic nitrogens is 1. The zero-order valence-electron chi connectivity index (χ0n) is 18.9. The van der Waals surface area contributed by atoms with Crippen molar-refractivity contribution in [3.8, 4) is 0 Å². The molecule has 1 aromatic heterocycles. The van der Waals surface area contributed by atoms with Crippen molar-refractivity contribution in [3.63, 3.8) is 0 Å². The minimum atomic E-state index is -4.67. The molecule has 2 amide bonds. The third-order valence-electron chi connectivity index (χ3n) is 6.00. The van der Waals surface area contributed by atoms with Crippen LogP contribution < -0.4 is 5.32 Å². The highest BCUT2D eigenvalue weighted by atomic mass is 19.4. The summed E-state index contributed by atoms with van der Waals surface area (Å²) < 4.78 is 40.1. The average Bonchev–Trinajstić information content (AvgIpc) is 2.88. The van der Waals surface area contributed by atoms with Crippen LogP contribution in [-0.4, -0.2) is 52.8 Å². The van der Waals surface area contributed by atoms with Crippen LogP contribution in [0.3, 0.4) is 0 Å². The first-order valence-corrected chi connectivity index (χ1v) is 11.3. The van der Waals surface area contributed by atoms with Crippen molar-refractivity contribution in [1.82, 2.24) is 20.1 Å². The highest BCUT2D eigenvalue weighted by molar-refractivity contribution is 5.95. The minimum absolute atomic E-state index is 0.173. The van der Waals surface area contributed by atoms with E-state index in [4.69, 9.17) is 0 Å². The molecule has 182 valence electrons. The van der Waals surface area contributed by atoms with Crippen molar-refractivity contribution >= 4 is 11.8 Å². The van der Waals surface area contributed by atoms with Crippen LogP contribution in [0.4, 0.5) is 13.2 Å². The van der Waals surface area contributed by atoms with Gasteiger partial charge in [-0.25, -0.2) is 0 Å². The van der Waals surface area contributed by atoms with E-state index in [0.717, 1.165) is 17.2 Å². The van der Waals surface area contributed by atoms with E-state index in [1.165, 1.54) is 11.1 Å². The summed E-state index contributed by atoms with van der Waals surface area (Å²) in [5, 5.41) is 2.99. The number of rotatable bonds is 6. The number of carbonyl (C=O) groups is 2. The largest absolute Gasteiger partial charge is 0.418 e. The van der Waals surface area contributed by atoms with Crippen LogP contribution in [-0.2, 0) is 17.5 Å². The standard InChI is InChI=1S/C26H25F3N4O2/c27-26(28,29)22-18-30-12-11-21(22)25(35)33-15-13-32(14-16-33)23(20-9-5-2-6-10-20)24(34)31-17-19-7-3-1-4-8-19/h1-12,18,23H,13-17H2,(H,31,34). The molecule has 1 unspecified atom stereocenters. The number of hydrogen-bond acceptors (Lipinski definition) is 4. The summed E-state index contributed by atoms with van der Waals surface area (Å²) >= 11 is 0. The molecular weight excluding hydrogens is 457 g/mol. The van der Waals surface area contributed by atoms with Gasteiger partial charge in [0.1, 0.15) is 6.04 Å². The molecule has 1 N–H and O–H groups in total. The lowest BCUT2D eigenvalue weighted by molar-refractivity contribution is -0.138. The van der Waals surface area contributed by atoms with Gasteiger partial charge >= 0.3 is 6.18 Å². The van der Waals surface area contributed by atoms with Crippen molar-refractivity contribution in [2.45, 2.75) is 18.8 Å². The average molecular weight is 483 g/mol. The third kappa shape index (κ3) is 5.86. The normalized spacial score (nSPS) is 15.5. The molecule has 1 aliphatic rings. The molecule has 0 bridgehead atoms. The molecule has 2 heterocycles. The van der Waals surface area contributed by atoms with Crippen LogP contribution in [0.5, 0.6) is 0 Å². The number of nitrogens with zero attached hydrogens (tertiary/aromatic N) is 3. The zero-order valence-corrected chi connectivity index (χ0v) is 18.9. The Labute approximate surface area is 201 Å². The molecule has 9 heteroatoms. The number of nitrogens with one attached hydrogen (secondary N) is 1. The summed E-state index contributed by atoms with van der Waals surface area (Å²) in [5.41, 5.74) is 0.322. The maximum absolute atomic E-state index is 13.4. The van der Waals surface area contributed by atoms with E-state index in [2.05, 4.69) is 10.3 Å². The summed E-state index contributed by atoms with van der Waals surface area (Å²) in [7, 11) is 0. The van der Waals surface area contributed by atoms with Crippen molar-refractivity contribution in [1.29, 1.82) is 0 Å². The Kier molecular flexibility index (Phi) is 7.45. The van der Waals surface area contributed by atoms with Crippen LogP contribution in [0.1, 0.15) is 33.1 Å². The number of carbonyl (C=O) groups excluding carboxylic acids is 2. The first kappa shape index (κ1) is 24.4. The summed E-state index contributed by atoms with van der Waals surface area (Å²) in [6.07, 6.45) is -2.82. The molecule has 0 aliphatic carbocycles. The first-order valence-electron chi connectivity index (χ1n) is 11.3. The Morgan fingerprint density at radius 3 is 2.17 bits per heavy atom. The number of amides is 2. The second-order valence-corrected chi connectivity index (χ2v) is 8.26. The van der Waals surface area contributed by atoms with E-state index in [9.17, 15) is 22.8 Å². The van der Waals surface area contributed by atoms with Gasteiger partial charge in [-0.2, -0.15) is 13.2 Å². The minimum Gasteiger partial charge on any atom is -0.350 e. The topological polar surface area (TPSA) is 65.5 Å². The molecule has 4 rings (SSSR count). The van der Waals surface area contributed by atoms with Gasteiger partial charge < -0.3 is 10.2 Å². The first-order chi connectivity index (χ1) is 16.8. The molecule has 2 aromatic carbocycles. The van der Waals surface area contributed by atoms with Gasteiger partial charge in [0.15, 0.2) is 0 Å². The monoisotopic (exact) mass is 482 g/mol. The molecule has 0 saturated carbocycles. The van der Waals surface area contributed by atoms with Crippen molar-refractivity contribution in [3.05, 3.63) is 101 Å². The van der Waals surface area contributed by atoms with Crippen molar-refractivity contribution < 1.29 is 22.8 Å². The molecule has 1 atom stereocenters. The van der Waals surface area contributed by atoms with Gasteiger partial charge in [0.2, 0.25) is 5.91 Å². The lowest BCUT2D eigenvalue weighted by atomic mass is 10.0. The van der Waals surface area contributed by atoms with E-state index < -0.39 is 29.3 Å². The van der Waals surface area contributed by atoms with E-state index in [1.807, 2.05) is 65.6 Å². The van der Waals surface area contributed by atoms with Crippen LogP contribution in [0.2, 0.25) is 0 Å². The van der Waals surface area contributed by atoms with Crippen LogP contribution in [0.25, 0.3) is 0 Å². The molecule has 1 saturated heterocycles. The molecule has 6 nitrogen and oxygen atoms in total. The number of piperazine rings is 1. The van der Waals surface area contributed by atoms with Crippen LogP contribution >= 0.6 is 0 Å². The van der Waals surface area contributed by atoms with Gasteiger partial charge in [-0.3, -0.25) is 19.5 Å². The Balaban J connectivity index is 1.47. The molecule has 1 aliphatic heterocycles. The highest BCUT2D eigenvalue weighted by Gasteiger charge is 2.38. The molecule has 3 aromatic rings. The summed E-state index contributed by atoms with van der Waals surface area (Å²) in [5.74, 6) is -0.863. The fourth-order valence-corrected chi connectivity index (χ4v) is 4.21. The molecular formula is C26H25F3N4O2. The van der Waals surface area contributed by atoms with Gasteiger partial charge in [0.25, 0.3) is 5.91 Å². The van der Waals surface area contributed by atoms with E-state index >= 15 is 0 Å². The molecule has 0 radical (unpaired) electrons. The Hall–Kier alpha value is -3.72. The summed E-state index contributed by atoms with van der Waals surface area (Å²) in [6, 6.07) is 19.4. The summed E-state index contributed by atoms with van der Waals surface area (Å²) in [6.45, 7) is 1.47. The lowest BCUT2D eigenvalue weighted by Gasteiger charge is -2.39. The van der Waals surface area contributed by atoms with Gasteiger partial charge in [-0.1, -0.05) is 60.7 Å². The maximum atomic E-state index is 13.4. The zero-order chi connectivity index (χ0) is 24.8. The number of pyridine rings is 1. The van der Waals surface area contributed by atoms with Crippen molar-refractivity contribution in [2.24, 2.45) is 0 Å². The second kappa shape index (κ2) is 10.7.